The number of thioether (sulfide) groups is 1. The Balaban J connectivity index is 1.90. The molecule has 2 aromatic heterocycles. The fourth-order valence-corrected chi connectivity index (χ4v) is 3.30. The topological polar surface area (TPSA) is 96.5 Å². The highest BCUT2D eigenvalue weighted by Crippen LogP contribution is 2.28. The summed E-state index contributed by atoms with van der Waals surface area (Å²) in [5.74, 6) is 0.516. The fraction of sp³-hybridized carbons (Fsp3) is 0.200. The van der Waals surface area contributed by atoms with Gasteiger partial charge in [0, 0.05) is 11.9 Å². The van der Waals surface area contributed by atoms with Crippen molar-refractivity contribution < 1.29 is 18.7 Å². The Morgan fingerprint density at radius 3 is 2.86 bits per heavy atom. The first-order valence-corrected chi connectivity index (χ1v) is 9.58. The molecule has 0 aliphatic heterocycles. The minimum absolute atomic E-state index is 0.0973. The van der Waals surface area contributed by atoms with Crippen LogP contribution >= 0.6 is 11.8 Å². The zero-order valence-electron chi connectivity index (χ0n) is 16.0. The fourth-order valence-electron chi connectivity index (χ4n) is 2.57. The quantitative estimate of drug-likeness (QED) is 0.300. The molecule has 0 fully saturated rings. The maximum Gasteiger partial charge on any atom is 0.437 e. The summed E-state index contributed by atoms with van der Waals surface area (Å²) in [6, 6.07) is 8.33. The van der Waals surface area contributed by atoms with Crippen molar-refractivity contribution in [1.29, 1.82) is 0 Å². The molecule has 1 aromatic carbocycles. The van der Waals surface area contributed by atoms with E-state index in [9.17, 15) is 9.59 Å². The highest BCUT2D eigenvalue weighted by atomic mass is 32.2. The molecule has 0 amide bonds. The number of aromatic nitrogens is 3. The largest absolute Gasteiger partial charge is 0.497 e. The van der Waals surface area contributed by atoms with Gasteiger partial charge in [0.25, 0.3) is 5.89 Å². The number of hydrogen-bond donors (Lipinski definition) is 0. The highest BCUT2D eigenvalue weighted by Gasteiger charge is 2.19. The van der Waals surface area contributed by atoms with Crippen LogP contribution < -0.4 is 15.2 Å². The number of carbonyl (C=O) groups excluding carboxylic acids is 1. The normalized spacial score (nSPS) is 10.6. The van der Waals surface area contributed by atoms with Gasteiger partial charge in [-0.3, -0.25) is 4.79 Å². The predicted molar refractivity (Wildman–Crippen MR) is 109 cm³/mol. The molecule has 0 radical (unpaired) electrons. The monoisotopic (exact) mass is 413 g/mol. The zero-order valence-corrected chi connectivity index (χ0v) is 16.8. The van der Waals surface area contributed by atoms with Crippen LogP contribution in [-0.2, 0) is 6.54 Å². The zero-order chi connectivity index (χ0) is 20.8. The Kier molecular flexibility index (Phi) is 6.50. The second-order valence-electron chi connectivity index (χ2n) is 5.78. The van der Waals surface area contributed by atoms with Crippen molar-refractivity contribution in [1.82, 2.24) is 14.8 Å². The molecular weight excluding hydrogens is 394 g/mol. The SMILES string of the molecule is C=CCSc1ncccc1-c1nn(CC(=O)c2cc(OC)ccc2OC)c(=O)o1. The number of ketones is 1. The summed E-state index contributed by atoms with van der Waals surface area (Å²) in [5.41, 5.74) is 0.855. The Bertz CT molecular complexity index is 1090. The standard InChI is InChI=1S/C20H19N3O5S/c1-4-10-29-19-14(6-5-9-21-19)18-22-23(20(25)28-18)12-16(24)15-11-13(26-2)7-8-17(15)27-3/h4-9,11H,1,10,12H2,2-3H3. The van der Waals surface area contributed by atoms with Crippen molar-refractivity contribution >= 4 is 17.5 Å². The lowest BCUT2D eigenvalue weighted by atomic mass is 10.1. The van der Waals surface area contributed by atoms with E-state index < -0.39 is 5.76 Å². The van der Waals surface area contributed by atoms with Crippen LogP contribution in [0.3, 0.4) is 0 Å². The number of carbonyl (C=O) groups is 1. The molecule has 0 unspecified atom stereocenters. The molecule has 0 bridgehead atoms. The van der Waals surface area contributed by atoms with Gasteiger partial charge in [0.1, 0.15) is 23.1 Å². The molecule has 0 spiro atoms. The average Bonchev–Trinajstić information content (AvgIpc) is 3.11. The van der Waals surface area contributed by atoms with Crippen LogP contribution in [-0.4, -0.2) is 40.5 Å². The average molecular weight is 413 g/mol. The first-order valence-electron chi connectivity index (χ1n) is 8.59. The smallest absolute Gasteiger partial charge is 0.437 e. The van der Waals surface area contributed by atoms with E-state index in [1.165, 1.54) is 26.0 Å². The number of benzene rings is 1. The number of ether oxygens (including phenoxy) is 2. The summed E-state index contributed by atoms with van der Waals surface area (Å²) in [4.78, 5) is 29.3. The number of nitrogens with zero attached hydrogens (tertiary/aromatic N) is 3. The van der Waals surface area contributed by atoms with Gasteiger partial charge < -0.3 is 13.9 Å². The first kappa shape index (κ1) is 20.4. The molecule has 0 atom stereocenters. The van der Waals surface area contributed by atoms with Crippen molar-refractivity contribution in [3.05, 3.63) is 65.3 Å². The van der Waals surface area contributed by atoms with Gasteiger partial charge in [0.15, 0.2) is 5.78 Å². The summed E-state index contributed by atoms with van der Waals surface area (Å²) in [6.45, 7) is 3.38. The Hall–Kier alpha value is -3.33. The van der Waals surface area contributed by atoms with Crippen LogP contribution in [0.4, 0.5) is 0 Å². The van der Waals surface area contributed by atoms with Crippen molar-refractivity contribution in [2.75, 3.05) is 20.0 Å². The lowest BCUT2D eigenvalue weighted by molar-refractivity contribution is 0.0961. The molecule has 150 valence electrons. The molecule has 0 saturated heterocycles. The number of rotatable bonds is 9. The second-order valence-corrected chi connectivity index (χ2v) is 6.78. The van der Waals surface area contributed by atoms with E-state index in [4.69, 9.17) is 13.9 Å². The van der Waals surface area contributed by atoms with Gasteiger partial charge in [-0.25, -0.2) is 9.78 Å². The van der Waals surface area contributed by atoms with E-state index in [1.54, 1.807) is 42.6 Å². The molecule has 2 heterocycles. The van der Waals surface area contributed by atoms with Crippen molar-refractivity contribution in [3.8, 4) is 23.0 Å². The van der Waals surface area contributed by atoms with Crippen LogP contribution in [0.5, 0.6) is 11.5 Å². The third-order valence-electron chi connectivity index (χ3n) is 3.95. The van der Waals surface area contributed by atoms with Gasteiger partial charge in [-0.2, -0.15) is 4.68 Å². The third-order valence-corrected chi connectivity index (χ3v) is 4.95. The molecule has 9 heteroatoms. The van der Waals surface area contributed by atoms with Crippen LogP contribution in [0.2, 0.25) is 0 Å². The minimum Gasteiger partial charge on any atom is -0.497 e. The van der Waals surface area contributed by atoms with Gasteiger partial charge >= 0.3 is 5.76 Å². The molecule has 3 aromatic rings. The Morgan fingerprint density at radius 2 is 2.14 bits per heavy atom. The summed E-state index contributed by atoms with van der Waals surface area (Å²) < 4.78 is 16.6. The number of Topliss-reactive ketones (excluding diaryl/α,β-unsaturated/α-hetero) is 1. The molecule has 0 aliphatic rings. The molecular formula is C20H19N3O5S. The molecule has 0 aliphatic carbocycles. The van der Waals surface area contributed by atoms with Gasteiger partial charge in [-0.15, -0.1) is 23.4 Å². The van der Waals surface area contributed by atoms with Gasteiger partial charge in [0.05, 0.1) is 25.3 Å². The van der Waals surface area contributed by atoms with E-state index in [0.29, 0.717) is 27.8 Å². The Labute approximate surface area is 171 Å². The predicted octanol–water partition coefficient (Wildman–Crippen LogP) is 3.08. The summed E-state index contributed by atoms with van der Waals surface area (Å²) in [6.07, 6.45) is 3.39. The van der Waals surface area contributed by atoms with E-state index >= 15 is 0 Å². The van der Waals surface area contributed by atoms with Crippen molar-refractivity contribution in [2.45, 2.75) is 11.6 Å². The maximum absolute atomic E-state index is 12.8. The summed E-state index contributed by atoms with van der Waals surface area (Å²) in [7, 11) is 2.96. The second kappa shape index (κ2) is 9.24. The molecule has 3 rings (SSSR count). The van der Waals surface area contributed by atoms with Gasteiger partial charge in [-0.05, 0) is 30.3 Å². The third kappa shape index (κ3) is 4.57. The molecule has 0 N–H and O–H groups in total. The van der Waals surface area contributed by atoms with Crippen LogP contribution in [0.1, 0.15) is 10.4 Å². The minimum atomic E-state index is -0.737. The number of pyridine rings is 1. The lowest BCUT2D eigenvalue weighted by Gasteiger charge is -2.09. The number of methoxy groups -OCH3 is 2. The van der Waals surface area contributed by atoms with Crippen molar-refractivity contribution in [2.24, 2.45) is 0 Å². The van der Waals surface area contributed by atoms with Crippen LogP contribution in [0, 0.1) is 0 Å². The van der Waals surface area contributed by atoms with E-state index in [1.807, 2.05) is 0 Å². The first-order chi connectivity index (χ1) is 14.1. The van der Waals surface area contributed by atoms with E-state index in [2.05, 4.69) is 16.7 Å². The van der Waals surface area contributed by atoms with E-state index in [-0.39, 0.29) is 23.8 Å². The summed E-state index contributed by atoms with van der Waals surface area (Å²) in [5, 5.41) is 4.83. The summed E-state index contributed by atoms with van der Waals surface area (Å²) >= 11 is 1.44. The van der Waals surface area contributed by atoms with Crippen LogP contribution in [0.25, 0.3) is 11.5 Å². The van der Waals surface area contributed by atoms with Crippen LogP contribution in [0.15, 0.2) is 63.4 Å². The maximum atomic E-state index is 12.8. The van der Waals surface area contributed by atoms with Gasteiger partial charge in [-0.1, -0.05) is 6.08 Å². The molecule has 0 saturated carbocycles. The van der Waals surface area contributed by atoms with Gasteiger partial charge in [0.2, 0.25) is 0 Å². The number of hydrogen-bond acceptors (Lipinski definition) is 8. The lowest BCUT2D eigenvalue weighted by Crippen LogP contribution is -2.22. The van der Waals surface area contributed by atoms with E-state index in [0.717, 1.165) is 4.68 Å². The molecule has 8 nitrogen and oxygen atoms in total. The molecule has 29 heavy (non-hydrogen) atoms. The Morgan fingerprint density at radius 1 is 1.31 bits per heavy atom. The highest BCUT2D eigenvalue weighted by molar-refractivity contribution is 7.99. The van der Waals surface area contributed by atoms with Crippen molar-refractivity contribution in [3.63, 3.8) is 0 Å².